The van der Waals surface area contributed by atoms with Crippen LogP contribution in [0.15, 0.2) is 101 Å². The molecule has 9 heteroatoms. The first-order valence-electron chi connectivity index (χ1n) is 13.7. The van der Waals surface area contributed by atoms with Crippen LogP contribution in [0.5, 0.6) is 5.75 Å². The highest BCUT2D eigenvalue weighted by Gasteiger charge is 2.32. The summed E-state index contributed by atoms with van der Waals surface area (Å²) in [5.41, 5.74) is 7.42. The van der Waals surface area contributed by atoms with Gasteiger partial charge in [-0.2, -0.15) is 0 Å². The van der Waals surface area contributed by atoms with Crippen molar-refractivity contribution in [2.75, 3.05) is 0 Å². The van der Waals surface area contributed by atoms with Gasteiger partial charge in [0.1, 0.15) is 12.4 Å². The Balaban J connectivity index is 1.54. The number of halogens is 2. The van der Waals surface area contributed by atoms with E-state index in [1.165, 1.54) is 0 Å². The maximum Gasteiger partial charge on any atom is 0.268 e. The summed E-state index contributed by atoms with van der Waals surface area (Å²) in [6, 6.07) is 29.9. The molecular weight excluding hydrogens is 766 g/mol. The van der Waals surface area contributed by atoms with E-state index in [4.69, 9.17) is 4.74 Å². The summed E-state index contributed by atoms with van der Waals surface area (Å²) < 4.78 is 8.03. The smallest absolute Gasteiger partial charge is 0.268 e. The van der Waals surface area contributed by atoms with Crippen molar-refractivity contribution in [3.8, 4) is 28.3 Å². The fourth-order valence-electron chi connectivity index (χ4n) is 5.27. The summed E-state index contributed by atoms with van der Waals surface area (Å²) in [6.07, 6.45) is 0. The second-order valence-corrected chi connectivity index (χ2v) is 12.8. The predicted molar refractivity (Wildman–Crippen MR) is 187 cm³/mol. The number of nitrogens with one attached hydrogen (secondary N) is 4. The molecule has 0 amide bonds. The summed E-state index contributed by atoms with van der Waals surface area (Å²) in [5, 5.41) is 11.8. The van der Waals surface area contributed by atoms with Gasteiger partial charge in [-0.05, 0) is 93.4 Å². The van der Waals surface area contributed by atoms with Crippen LogP contribution in [0.25, 0.3) is 22.5 Å². The molecule has 0 atom stereocenters. The van der Waals surface area contributed by atoms with Gasteiger partial charge < -0.3 is 4.74 Å². The van der Waals surface area contributed by atoms with Crippen LogP contribution in [0.4, 0.5) is 0 Å². The van der Waals surface area contributed by atoms with Crippen molar-refractivity contribution < 1.29 is 4.74 Å². The van der Waals surface area contributed by atoms with Crippen LogP contribution in [0.1, 0.15) is 39.3 Å². The molecule has 7 nitrogen and oxygen atoms in total. The van der Waals surface area contributed by atoms with Gasteiger partial charge in [0.2, 0.25) is 0 Å². The molecule has 43 heavy (non-hydrogen) atoms. The van der Waals surface area contributed by atoms with Crippen LogP contribution in [0.3, 0.4) is 0 Å². The Morgan fingerprint density at radius 2 is 1.12 bits per heavy atom. The SMILES string of the molecule is Cc1ccc(-c2[nH][nH]c(=O)c2C(c2cc(I)c(OCc3ccccc3)c(I)c2)c2c(-c3ccc(C)cc3)[nH][nH]c2=O)cc1. The number of aromatic amines is 4. The van der Waals surface area contributed by atoms with Crippen LogP contribution in [-0.4, -0.2) is 20.4 Å². The lowest BCUT2D eigenvalue weighted by Gasteiger charge is -2.20. The number of hydrogen-bond acceptors (Lipinski definition) is 3. The van der Waals surface area contributed by atoms with E-state index in [1.54, 1.807) is 0 Å². The standard InChI is InChI=1S/C34H28I2N4O3/c1-19-8-12-22(13-9-19)30-28(33(41)39-37-30)27(29-31(38-40-34(29)42)23-14-10-20(2)11-15-23)24-16-25(35)32(26(36)17-24)43-18-21-6-4-3-5-7-21/h3-17,27H,18H2,1-2H3,(H2,37,39,41)(H2,38,40,42). The number of H-pyrrole nitrogens is 4. The van der Waals surface area contributed by atoms with Crippen LogP contribution in [-0.2, 0) is 6.61 Å². The molecule has 0 aliphatic rings. The lowest BCUT2D eigenvalue weighted by Crippen LogP contribution is -2.20. The minimum atomic E-state index is -0.692. The average molecular weight is 794 g/mol. The van der Waals surface area contributed by atoms with Gasteiger partial charge in [-0.1, -0.05) is 90.0 Å². The molecule has 0 saturated heterocycles. The molecule has 6 aromatic rings. The Hall–Kier alpha value is -3.84. The van der Waals surface area contributed by atoms with Gasteiger partial charge in [0.25, 0.3) is 11.1 Å². The molecule has 4 N–H and O–H groups in total. The molecule has 0 radical (unpaired) electrons. The van der Waals surface area contributed by atoms with Gasteiger partial charge in [-0.25, -0.2) is 0 Å². The van der Waals surface area contributed by atoms with E-state index in [2.05, 4.69) is 65.6 Å². The summed E-state index contributed by atoms with van der Waals surface area (Å²) in [5.74, 6) is 0.0684. The number of hydrogen-bond donors (Lipinski definition) is 4. The van der Waals surface area contributed by atoms with Gasteiger partial charge in [0.15, 0.2) is 0 Å². The van der Waals surface area contributed by atoms with Crippen molar-refractivity contribution in [1.82, 2.24) is 20.4 Å². The first-order valence-corrected chi connectivity index (χ1v) is 15.9. The van der Waals surface area contributed by atoms with Crippen LogP contribution >= 0.6 is 45.2 Å². The van der Waals surface area contributed by atoms with Gasteiger partial charge in [-0.3, -0.25) is 30.0 Å². The van der Waals surface area contributed by atoms with Gasteiger partial charge >= 0.3 is 0 Å². The summed E-state index contributed by atoms with van der Waals surface area (Å²) in [4.78, 5) is 27.3. The van der Waals surface area contributed by atoms with Crippen molar-refractivity contribution in [2.24, 2.45) is 0 Å². The largest absolute Gasteiger partial charge is 0.487 e. The van der Waals surface area contributed by atoms with Crippen molar-refractivity contribution in [2.45, 2.75) is 26.4 Å². The molecule has 0 unspecified atom stereocenters. The molecule has 0 saturated carbocycles. The molecule has 0 aliphatic carbocycles. The third-order valence-electron chi connectivity index (χ3n) is 7.47. The summed E-state index contributed by atoms with van der Waals surface area (Å²) in [7, 11) is 0. The fourth-order valence-corrected chi connectivity index (χ4v) is 7.40. The van der Waals surface area contributed by atoms with E-state index in [-0.39, 0.29) is 11.1 Å². The molecule has 0 spiro atoms. The highest BCUT2D eigenvalue weighted by molar-refractivity contribution is 14.1. The zero-order valence-electron chi connectivity index (χ0n) is 23.4. The van der Waals surface area contributed by atoms with E-state index >= 15 is 0 Å². The van der Waals surface area contributed by atoms with Gasteiger partial charge in [0, 0.05) is 5.92 Å². The number of aromatic nitrogens is 4. The van der Waals surface area contributed by atoms with E-state index in [1.807, 2.05) is 105 Å². The molecule has 216 valence electrons. The third kappa shape index (κ3) is 6.00. The van der Waals surface area contributed by atoms with Gasteiger partial charge in [-0.15, -0.1) is 0 Å². The minimum absolute atomic E-state index is 0.287. The summed E-state index contributed by atoms with van der Waals surface area (Å²) in [6.45, 7) is 4.47. The fraction of sp³-hybridized carbons (Fsp3) is 0.118. The first kappa shape index (κ1) is 29.2. The molecule has 4 aromatic carbocycles. The van der Waals surface area contributed by atoms with Gasteiger partial charge in [0.05, 0.1) is 29.7 Å². The van der Waals surface area contributed by atoms with E-state index < -0.39 is 5.92 Å². The van der Waals surface area contributed by atoms with Crippen molar-refractivity contribution in [1.29, 1.82) is 0 Å². The molecule has 6 rings (SSSR count). The Morgan fingerprint density at radius 3 is 1.58 bits per heavy atom. The van der Waals surface area contributed by atoms with Crippen molar-refractivity contribution in [3.05, 3.63) is 152 Å². The zero-order chi connectivity index (χ0) is 30.1. The second-order valence-electron chi connectivity index (χ2n) is 10.5. The maximum absolute atomic E-state index is 13.7. The molecular formula is C34H28I2N4O3. The van der Waals surface area contributed by atoms with Crippen LogP contribution < -0.4 is 15.9 Å². The van der Waals surface area contributed by atoms with E-state index in [9.17, 15) is 9.59 Å². The number of ether oxygens (including phenoxy) is 1. The molecule has 0 aliphatic heterocycles. The Kier molecular flexibility index (Phi) is 8.44. The Labute approximate surface area is 275 Å². The maximum atomic E-state index is 13.7. The third-order valence-corrected chi connectivity index (χ3v) is 9.07. The van der Waals surface area contributed by atoms with Crippen LogP contribution in [0.2, 0.25) is 0 Å². The normalized spacial score (nSPS) is 11.3. The molecule has 0 fully saturated rings. The Bertz CT molecular complexity index is 1880. The monoisotopic (exact) mass is 794 g/mol. The van der Waals surface area contributed by atoms with E-state index in [0.717, 1.165) is 46.3 Å². The lowest BCUT2D eigenvalue weighted by molar-refractivity contribution is 0.301. The topological polar surface area (TPSA) is 107 Å². The zero-order valence-corrected chi connectivity index (χ0v) is 27.7. The van der Waals surface area contributed by atoms with Crippen LogP contribution in [0, 0.1) is 21.0 Å². The number of benzene rings is 4. The average Bonchev–Trinajstić information content (AvgIpc) is 3.57. The highest BCUT2D eigenvalue weighted by Crippen LogP contribution is 2.41. The number of rotatable bonds is 8. The quantitative estimate of drug-likeness (QED) is 0.119. The lowest BCUT2D eigenvalue weighted by atomic mass is 9.83. The van der Waals surface area contributed by atoms with Crippen molar-refractivity contribution in [3.63, 3.8) is 0 Å². The molecule has 0 bridgehead atoms. The Morgan fingerprint density at radius 1 is 0.651 bits per heavy atom. The molecule has 2 aromatic heterocycles. The summed E-state index contributed by atoms with van der Waals surface area (Å²) >= 11 is 4.54. The highest BCUT2D eigenvalue weighted by atomic mass is 127. The van der Waals surface area contributed by atoms with E-state index in [0.29, 0.717) is 29.1 Å². The predicted octanol–water partition coefficient (Wildman–Crippen LogP) is 7.64. The second kappa shape index (κ2) is 12.4. The minimum Gasteiger partial charge on any atom is -0.487 e. The van der Waals surface area contributed by atoms with Crippen molar-refractivity contribution >= 4 is 45.2 Å². The number of aryl methyl sites for hydroxylation is 2. The first-order chi connectivity index (χ1) is 20.8. The molecule has 2 heterocycles.